The SMILES string of the molecule is [C-]#[N+]c1cc(C#N)c(O)c(-c2cc(-c3cc(C(C)(C)C)cc(C(C)(C)C)c3)cc(-c3cccc(-c4cc(-c5cccc6c7ccccc7n(-c7ccccc7)c56)ccn4)c3)n2)c1. The lowest BCUT2D eigenvalue weighted by Gasteiger charge is -2.26. The van der Waals surface area contributed by atoms with E-state index in [1.165, 1.54) is 28.0 Å². The van der Waals surface area contributed by atoms with Gasteiger partial charge < -0.3 is 9.67 Å². The Morgan fingerprint density at radius 1 is 0.581 bits per heavy atom. The van der Waals surface area contributed by atoms with E-state index in [4.69, 9.17) is 16.5 Å². The zero-order valence-corrected chi connectivity index (χ0v) is 35.7. The first-order chi connectivity index (χ1) is 29.8. The Balaban J connectivity index is 1.22. The van der Waals surface area contributed by atoms with Crippen molar-refractivity contribution in [1.82, 2.24) is 14.5 Å². The molecule has 0 unspecified atom stereocenters. The van der Waals surface area contributed by atoms with Gasteiger partial charge in [-0.2, -0.15) is 5.26 Å². The van der Waals surface area contributed by atoms with Gasteiger partial charge in [0.25, 0.3) is 0 Å². The Morgan fingerprint density at radius 2 is 1.21 bits per heavy atom. The zero-order valence-electron chi connectivity index (χ0n) is 35.7. The van der Waals surface area contributed by atoms with E-state index in [1.54, 1.807) is 6.07 Å². The van der Waals surface area contributed by atoms with Crippen LogP contribution in [-0.2, 0) is 10.8 Å². The molecule has 300 valence electrons. The van der Waals surface area contributed by atoms with Crippen molar-refractivity contribution >= 4 is 27.5 Å². The highest BCUT2D eigenvalue weighted by Gasteiger charge is 2.23. The summed E-state index contributed by atoms with van der Waals surface area (Å²) < 4.78 is 2.35. The van der Waals surface area contributed by atoms with Crippen molar-refractivity contribution in [2.75, 3.05) is 0 Å². The largest absolute Gasteiger partial charge is 0.506 e. The van der Waals surface area contributed by atoms with Gasteiger partial charge in [-0.1, -0.05) is 133 Å². The van der Waals surface area contributed by atoms with Gasteiger partial charge in [0, 0.05) is 44.9 Å². The molecule has 6 heteroatoms. The summed E-state index contributed by atoms with van der Waals surface area (Å²) in [4.78, 5) is 13.7. The number of para-hydroxylation sites is 3. The number of phenolic OH excluding ortho intramolecular Hbond substituents is 1. The highest BCUT2D eigenvalue weighted by atomic mass is 16.3. The highest BCUT2D eigenvalue weighted by Crippen LogP contribution is 2.42. The normalized spacial score (nSPS) is 11.7. The molecule has 0 aliphatic carbocycles. The summed E-state index contributed by atoms with van der Waals surface area (Å²) in [6.45, 7) is 21.1. The van der Waals surface area contributed by atoms with E-state index in [0.29, 0.717) is 17.0 Å². The summed E-state index contributed by atoms with van der Waals surface area (Å²) in [5, 5.41) is 23.7. The number of phenols is 1. The average molecular weight is 804 g/mol. The molecule has 0 atom stereocenters. The van der Waals surface area contributed by atoms with E-state index in [2.05, 4.69) is 172 Å². The molecular weight excluding hydrogens is 759 g/mol. The fraction of sp³-hybridized carbons (Fsp3) is 0.143. The number of rotatable bonds is 6. The van der Waals surface area contributed by atoms with E-state index in [0.717, 1.165) is 55.8 Å². The lowest BCUT2D eigenvalue weighted by molar-refractivity contribution is 0.475. The molecule has 0 fully saturated rings. The van der Waals surface area contributed by atoms with Crippen molar-refractivity contribution in [1.29, 1.82) is 5.26 Å². The van der Waals surface area contributed by atoms with Gasteiger partial charge in [0.15, 0.2) is 5.69 Å². The van der Waals surface area contributed by atoms with Gasteiger partial charge in [-0.3, -0.25) is 4.98 Å². The Kier molecular flexibility index (Phi) is 9.81. The molecule has 9 aromatic rings. The highest BCUT2D eigenvalue weighted by molar-refractivity contribution is 6.13. The molecule has 0 radical (unpaired) electrons. The number of hydrogen-bond donors (Lipinski definition) is 1. The fourth-order valence-corrected chi connectivity index (χ4v) is 8.30. The topological polar surface area (TPSA) is 79.1 Å². The third-order valence-electron chi connectivity index (χ3n) is 11.7. The van der Waals surface area contributed by atoms with Crippen molar-refractivity contribution in [3.8, 4) is 73.5 Å². The second kappa shape index (κ2) is 15.3. The Hall–Kier alpha value is -7.80. The Bertz CT molecular complexity index is 3260. The third-order valence-corrected chi connectivity index (χ3v) is 11.7. The molecule has 3 aromatic heterocycles. The maximum absolute atomic E-state index is 11.4. The van der Waals surface area contributed by atoms with Crippen LogP contribution in [0.2, 0.25) is 0 Å². The number of pyridine rings is 2. The summed E-state index contributed by atoms with van der Waals surface area (Å²) in [5.74, 6) is -0.203. The van der Waals surface area contributed by atoms with Crippen molar-refractivity contribution in [3.63, 3.8) is 0 Å². The van der Waals surface area contributed by atoms with Gasteiger partial charge in [0.1, 0.15) is 11.8 Å². The fourth-order valence-electron chi connectivity index (χ4n) is 8.30. The van der Waals surface area contributed by atoms with Gasteiger partial charge in [-0.15, -0.1) is 0 Å². The van der Waals surface area contributed by atoms with Crippen LogP contribution in [0.3, 0.4) is 0 Å². The van der Waals surface area contributed by atoms with E-state index >= 15 is 0 Å². The van der Waals surface area contributed by atoms with Crippen LogP contribution in [0.15, 0.2) is 158 Å². The van der Waals surface area contributed by atoms with Gasteiger partial charge in [-0.05, 0) is 99.3 Å². The molecule has 0 spiro atoms. The molecule has 0 aliphatic rings. The smallest absolute Gasteiger partial charge is 0.189 e. The molecule has 9 rings (SSSR count). The van der Waals surface area contributed by atoms with Crippen LogP contribution in [0, 0.1) is 17.9 Å². The molecule has 0 amide bonds. The third kappa shape index (κ3) is 7.27. The molecule has 0 aliphatic heterocycles. The molecule has 0 saturated carbocycles. The van der Waals surface area contributed by atoms with Gasteiger partial charge in [-0.25, -0.2) is 9.83 Å². The summed E-state index contributed by atoms with van der Waals surface area (Å²) in [6, 6.07) is 53.9. The molecule has 6 aromatic carbocycles. The summed E-state index contributed by atoms with van der Waals surface area (Å²) >= 11 is 0. The summed E-state index contributed by atoms with van der Waals surface area (Å²) in [5.41, 5.74) is 14.0. The number of aromatic hydroxyl groups is 1. The van der Waals surface area contributed by atoms with Crippen LogP contribution in [-0.4, -0.2) is 19.6 Å². The monoisotopic (exact) mass is 803 g/mol. The molecule has 6 nitrogen and oxygen atoms in total. The lowest BCUT2D eigenvalue weighted by Crippen LogP contribution is -2.16. The number of nitriles is 1. The second-order valence-electron chi connectivity index (χ2n) is 17.9. The van der Waals surface area contributed by atoms with Crippen molar-refractivity contribution in [3.05, 3.63) is 186 Å². The predicted octanol–water partition coefficient (Wildman–Crippen LogP) is 14.6. The number of nitrogens with zero attached hydrogens (tertiary/aromatic N) is 5. The first-order valence-electron chi connectivity index (χ1n) is 20.8. The lowest BCUT2D eigenvalue weighted by atomic mass is 9.79. The van der Waals surface area contributed by atoms with E-state index in [1.807, 2.05) is 30.5 Å². The zero-order chi connectivity index (χ0) is 43.3. The van der Waals surface area contributed by atoms with Crippen molar-refractivity contribution < 1.29 is 5.11 Å². The van der Waals surface area contributed by atoms with Crippen LogP contribution >= 0.6 is 0 Å². The molecule has 0 bridgehead atoms. The quantitative estimate of drug-likeness (QED) is 0.170. The van der Waals surface area contributed by atoms with Gasteiger partial charge in [0.2, 0.25) is 0 Å². The summed E-state index contributed by atoms with van der Waals surface area (Å²) in [6.07, 6.45) is 1.87. The molecule has 1 N–H and O–H groups in total. The first kappa shape index (κ1) is 39.6. The maximum Gasteiger partial charge on any atom is 0.189 e. The van der Waals surface area contributed by atoms with Crippen LogP contribution in [0.5, 0.6) is 5.75 Å². The summed E-state index contributed by atoms with van der Waals surface area (Å²) in [7, 11) is 0. The van der Waals surface area contributed by atoms with Crippen LogP contribution in [0.1, 0.15) is 58.2 Å². The molecule has 62 heavy (non-hydrogen) atoms. The van der Waals surface area contributed by atoms with E-state index < -0.39 is 0 Å². The van der Waals surface area contributed by atoms with E-state index in [9.17, 15) is 10.4 Å². The average Bonchev–Trinajstić information content (AvgIpc) is 3.63. The number of fused-ring (bicyclic) bond motifs is 3. The number of benzene rings is 6. The Morgan fingerprint density at radius 3 is 1.92 bits per heavy atom. The number of hydrogen-bond acceptors (Lipinski definition) is 4. The number of aromatic nitrogens is 3. The maximum atomic E-state index is 11.4. The standard InChI is InChI=1S/C56H45N5O/c1-55(2,3)41-26-38(27-42(32-41)56(4,5)6)39-30-50(60-51(31-39)48-33-43(58-7)28-40(34-57)54(48)62)37-16-13-15-36(25-37)49-29-35(23-24-59-49)45-20-14-21-47-46-19-11-12-22-52(46)61(53(45)47)44-17-9-8-10-18-44/h8-33,62H,1-6H3. The minimum Gasteiger partial charge on any atom is -0.506 e. The van der Waals surface area contributed by atoms with Crippen molar-refractivity contribution in [2.24, 2.45) is 0 Å². The molecule has 3 heterocycles. The second-order valence-corrected chi connectivity index (χ2v) is 17.9. The molecule has 0 saturated heterocycles. The molecular formula is C56H45N5O. The van der Waals surface area contributed by atoms with Gasteiger partial charge in [0.05, 0.1) is 40.3 Å². The minimum atomic E-state index is -0.203. The first-order valence-corrected chi connectivity index (χ1v) is 20.8. The predicted molar refractivity (Wildman–Crippen MR) is 254 cm³/mol. The minimum absolute atomic E-state index is 0.0276. The van der Waals surface area contributed by atoms with Crippen molar-refractivity contribution in [2.45, 2.75) is 52.4 Å². The Labute approximate surface area is 362 Å². The van der Waals surface area contributed by atoms with Crippen LogP contribution < -0.4 is 0 Å². The van der Waals surface area contributed by atoms with Gasteiger partial charge >= 0.3 is 0 Å². The van der Waals surface area contributed by atoms with Crippen LogP contribution in [0.25, 0.3) is 88.4 Å². The van der Waals surface area contributed by atoms with Crippen LogP contribution in [0.4, 0.5) is 5.69 Å². The van der Waals surface area contributed by atoms with E-state index in [-0.39, 0.29) is 27.8 Å².